The third-order valence-corrected chi connectivity index (χ3v) is 16.5. The van der Waals surface area contributed by atoms with E-state index in [4.69, 9.17) is 0 Å². The van der Waals surface area contributed by atoms with Gasteiger partial charge in [-0.05, 0) is 141 Å². The van der Waals surface area contributed by atoms with Crippen molar-refractivity contribution in [3.05, 3.63) is 286 Å². The number of anilines is 3. The van der Waals surface area contributed by atoms with E-state index in [1.807, 2.05) is 0 Å². The molecule has 2 heteroatoms. The summed E-state index contributed by atoms with van der Waals surface area (Å²) < 4.78 is 2.46. The van der Waals surface area contributed by atoms with E-state index >= 15 is 0 Å². The van der Waals surface area contributed by atoms with Crippen molar-refractivity contribution in [1.29, 1.82) is 0 Å². The van der Waals surface area contributed by atoms with Gasteiger partial charge in [-0.15, -0.1) is 0 Å². The van der Waals surface area contributed by atoms with Gasteiger partial charge in [0.25, 0.3) is 0 Å². The van der Waals surface area contributed by atoms with Gasteiger partial charge in [-0.25, -0.2) is 0 Å². The van der Waals surface area contributed by atoms with Crippen LogP contribution in [0, 0.1) is 0 Å². The van der Waals surface area contributed by atoms with E-state index < -0.39 is 5.41 Å². The van der Waals surface area contributed by atoms with E-state index in [1.54, 1.807) is 5.56 Å². The molecule has 0 spiro atoms. The zero-order valence-electron chi connectivity index (χ0n) is 41.1. The second kappa shape index (κ2) is 18.0. The van der Waals surface area contributed by atoms with E-state index in [0.717, 1.165) is 29.9 Å². The number of nitrogens with zero attached hydrogens (tertiary/aromatic N) is 2. The molecule has 1 saturated carbocycles. The Bertz CT molecular complexity index is 3970. The molecule has 1 fully saturated rings. The molecule has 1 aromatic heterocycles. The predicted molar refractivity (Wildman–Crippen MR) is 306 cm³/mol. The molecule has 0 atom stereocenters. The van der Waals surface area contributed by atoms with Gasteiger partial charge in [0.1, 0.15) is 0 Å². The van der Waals surface area contributed by atoms with Crippen LogP contribution in [0.2, 0.25) is 0 Å². The lowest BCUT2D eigenvalue weighted by Crippen LogP contribution is -2.35. The number of fused-ring (bicyclic) bond motifs is 7. The Morgan fingerprint density at radius 1 is 0.452 bits per heavy atom. The highest BCUT2D eigenvalue weighted by Crippen LogP contribution is 2.57. The highest BCUT2D eigenvalue weighted by molar-refractivity contribution is 6.14. The van der Waals surface area contributed by atoms with Crippen molar-refractivity contribution in [1.82, 2.24) is 4.57 Å². The average Bonchev–Trinajstić information content (AvgIpc) is 3.97. The minimum atomic E-state index is -0.542. The molecule has 3 aliphatic rings. The fraction of sp³-hybridized carbons (Fsp3) is 0.127. The minimum Gasteiger partial charge on any atom is -0.310 e. The molecule has 0 N–H and O–H groups in total. The summed E-state index contributed by atoms with van der Waals surface area (Å²) in [6, 6.07) is 91.2. The Labute approximate surface area is 428 Å². The first-order valence-electron chi connectivity index (χ1n) is 26.5. The van der Waals surface area contributed by atoms with Crippen LogP contribution in [0.5, 0.6) is 0 Å². The van der Waals surface area contributed by atoms with E-state index in [1.165, 1.54) is 126 Å². The van der Waals surface area contributed by atoms with Crippen molar-refractivity contribution in [2.45, 2.75) is 56.3 Å². The number of aromatic nitrogens is 1. The first kappa shape index (κ1) is 43.3. The molecule has 1 heterocycles. The van der Waals surface area contributed by atoms with Gasteiger partial charge in [0.15, 0.2) is 0 Å². The van der Waals surface area contributed by atoms with Crippen molar-refractivity contribution in [3.8, 4) is 27.9 Å². The molecule has 0 aliphatic heterocycles. The molecule has 350 valence electrons. The van der Waals surface area contributed by atoms with E-state index in [9.17, 15) is 0 Å². The van der Waals surface area contributed by atoms with Gasteiger partial charge in [0, 0.05) is 39.0 Å². The summed E-state index contributed by atoms with van der Waals surface area (Å²) in [7, 11) is 0. The van der Waals surface area contributed by atoms with E-state index in [2.05, 4.69) is 258 Å². The third-order valence-electron chi connectivity index (χ3n) is 16.5. The number of rotatable bonds is 9. The normalized spacial score (nSPS) is 14.9. The van der Waals surface area contributed by atoms with Crippen LogP contribution in [0.3, 0.4) is 0 Å². The summed E-state index contributed by atoms with van der Waals surface area (Å²) >= 11 is 0. The van der Waals surface area contributed by atoms with Crippen molar-refractivity contribution in [3.63, 3.8) is 0 Å². The molecule has 0 saturated heterocycles. The Morgan fingerprint density at radius 2 is 1.08 bits per heavy atom. The van der Waals surface area contributed by atoms with Crippen molar-refractivity contribution in [2.75, 3.05) is 4.90 Å². The molecular formula is C71H56N2. The molecule has 0 bridgehead atoms. The highest BCUT2D eigenvalue weighted by atomic mass is 15.1. The summed E-state index contributed by atoms with van der Waals surface area (Å²) in [5.41, 5.74) is 20.9. The Morgan fingerprint density at radius 3 is 1.89 bits per heavy atom. The van der Waals surface area contributed by atoms with Gasteiger partial charge >= 0.3 is 0 Å². The van der Waals surface area contributed by atoms with Crippen LogP contribution in [-0.4, -0.2) is 4.57 Å². The van der Waals surface area contributed by atoms with Gasteiger partial charge in [0.2, 0.25) is 0 Å². The third kappa shape index (κ3) is 6.99. The Hall–Kier alpha value is -8.46. The topological polar surface area (TPSA) is 8.17 Å². The van der Waals surface area contributed by atoms with Crippen molar-refractivity contribution < 1.29 is 0 Å². The average molecular weight is 937 g/mol. The zero-order chi connectivity index (χ0) is 48.3. The molecular weight excluding hydrogens is 881 g/mol. The van der Waals surface area contributed by atoms with Gasteiger partial charge in [-0.1, -0.05) is 219 Å². The smallest absolute Gasteiger partial charge is 0.0714 e. The highest BCUT2D eigenvalue weighted by Gasteiger charge is 2.46. The maximum atomic E-state index is 2.59. The van der Waals surface area contributed by atoms with Crippen LogP contribution in [0.25, 0.3) is 61.4 Å². The molecule has 0 amide bonds. The fourth-order valence-electron chi connectivity index (χ4n) is 13.5. The molecule has 14 rings (SSSR count). The summed E-state index contributed by atoms with van der Waals surface area (Å²) in [5.74, 6) is 0.585. The van der Waals surface area contributed by atoms with E-state index in [-0.39, 0.29) is 0 Å². The quantitative estimate of drug-likeness (QED) is 0.140. The molecule has 3 aliphatic carbocycles. The van der Waals surface area contributed by atoms with Gasteiger partial charge in [-0.3, -0.25) is 0 Å². The Kier molecular flexibility index (Phi) is 10.7. The number of hydrogen-bond acceptors (Lipinski definition) is 1. The predicted octanol–water partition coefficient (Wildman–Crippen LogP) is 17.1. The second-order valence-corrected chi connectivity index (χ2v) is 20.4. The number of hydrogen-bond donors (Lipinski definition) is 0. The second-order valence-electron chi connectivity index (χ2n) is 20.4. The Balaban J connectivity index is 1.05. The van der Waals surface area contributed by atoms with Crippen LogP contribution in [0.4, 0.5) is 17.1 Å². The van der Waals surface area contributed by atoms with Gasteiger partial charge in [0.05, 0.1) is 22.1 Å². The standard InChI is InChI=1S/C71H56N2/c1-5-23-49(24-6-1)57-38-20-25-50-26-21-40-63(69(50)57)61-36-14-17-43-67(61)72(55-34-19-27-51(47-55)58-39-22-41-64-62-37-15-18-44-68(62)73(70(58)64)54-32-11-4-12-33-54)56-45-46-60-59-35-13-16-42-65(59)71(66(60)48-56,52-28-7-2-8-29-52)53-30-9-3-10-31-53/h2-4,7-20,22,25-39,41-49H,1,5-6,21,23-24,40H2. The van der Waals surface area contributed by atoms with Crippen LogP contribution in [0.15, 0.2) is 243 Å². The number of para-hydroxylation sites is 4. The first-order valence-corrected chi connectivity index (χ1v) is 26.5. The zero-order valence-corrected chi connectivity index (χ0v) is 41.1. The molecule has 2 nitrogen and oxygen atoms in total. The van der Waals surface area contributed by atoms with Crippen molar-refractivity contribution in [2.24, 2.45) is 0 Å². The summed E-state index contributed by atoms with van der Waals surface area (Å²) in [4.78, 5) is 2.59. The lowest BCUT2D eigenvalue weighted by Gasteiger charge is -2.35. The molecule has 73 heavy (non-hydrogen) atoms. The van der Waals surface area contributed by atoms with Gasteiger partial charge < -0.3 is 9.47 Å². The molecule has 0 radical (unpaired) electrons. The minimum absolute atomic E-state index is 0.542. The summed E-state index contributed by atoms with van der Waals surface area (Å²) in [6.07, 6.45) is 11.0. The summed E-state index contributed by atoms with van der Waals surface area (Å²) in [6.45, 7) is 0. The van der Waals surface area contributed by atoms with Crippen LogP contribution >= 0.6 is 0 Å². The van der Waals surface area contributed by atoms with Gasteiger partial charge in [-0.2, -0.15) is 0 Å². The van der Waals surface area contributed by atoms with E-state index in [0.29, 0.717) is 5.92 Å². The summed E-state index contributed by atoms with van der Waals surface area (Å²) in [5, 5.41) is 5.36. The van der Waals surface area contributed by atoms with Crippen LogP contribution in [-0.2, 0) is 5.41 Å². The lowest BCUT2D eigenvalue weighted by molar-refractivity contribution is 0.442. The number of benzene rings is 10. The molecule has 11 aromatic rings. The molecule has 10 aromatic carbocycles. The fourth-order valence-corrected chi connectivity index (χ4v) is 13.5. The SMILES string of the molecule is C1=c2cccc(C3CCCCC3)c2=C(c2ccccc2N(c2cccc(-c3cccc4c5ccccc5n(-c5ccccc5)c34)c2)c2ccc3c(c2)C(c2ccccc2)(c2ccccc2)c2ccccc2-3)CC1. The van der Waals surface area contributed by atoms with Crippen LogP contribution < -0.4 is 15.3 Å². The monoisotopic (exact) mass is 936 g/mol. The van der Waals surface area contributed by atoms with Crippen LogP contribution in [0.1, 0.15) is 84.2 Å². The largest absolute Gasteiger partial charge is 0.310 e. The first-order chi connectivity index (χ1) is 36.3. The van der Waals surface area contributed by atoms with Crippen molar-refractivity contribution >= 4 is 50.5 Å². The maximum Gasteiger partial charge on any atom is 0.0714 e. The maximum absolute atomic E-state index is 2.59. The molecule has 0 unspecified atom stereocenters. The lowest BCUT2D eigenvalue weighted by atomic mass is 9.67.